The minimum Gasteiger partial charge on any atom is -0.464 e. The van der Waals surface area contributed by atoms with E-state index in [9.17, 15) is 9.59 Å². The Kier molecular flexibility index (Phi) is 6.20. The third-order valence-corrected chi connectivity index (χ3v) is 2.24. The van der Waals surface area contributed by atoms with Gasteiger partial charge in [-0.1, -0.05) is 0 Å². The molecule has 0 amide bonds. The summed E-state index contributed by atoms with van der Waals surface area (Å²) in [7, 11) is 0. The lowest BCUT2D eigenvalue weighted by Crippen LogP contribution is -2.26. The van der Waals surface area contributed by atoms with Crippen LogP contribution >= 0.6 is 0 Å². The highest BCUT2D eigenvalue weighted by Gasteiger charge is 2.33. The third kappa shape index (κ3) is 6.51. The van der Waals surface area contributed by atoms with Gasteiger partial charge in [-0.15, -0.1) is 0 Å². The Labute approximate surface area is 112 Å². The summed E-state index contributed by atoms with van der Waals surface area (Å²) in [5.41, 5.74) is 0. The standard InChI is InChI=1S/C12H20O7/c1-4-16-10(13)7-15-8-11(14)17-5-9-6-18-12(2,3)19-9/h9H,4-8H2,1-3H3. The lowest BCUT2D eigenvalue weighted by atomic mass is 10.4. The first-order valence-electron chi connectivity index (χ1n) is 6.13. The quantitative estimate of drug-likeness (QED) is 0.617. The Morgan fingerprint density at radius 2 is 1.84 bits per heavy atom. The molecule has 0 spiro atoms. The van der Waals surface area contributed by atoms with E-state index in [0.29, 0.717) is 6.61 Å². The Morgan fingerprint density at radius 3 is 2.37 bits per heavy atom. The normalized spacial score (nSPS) is 21.1. The molecule has 0 bridgehead atoms. The van der Waals surface area contributed by atoms with Crippen molar-refractivity contribution in [3.8, 4) is 0 Å². The highest BCUT2D eigenvalue weighted by atomic mass is 16.7. The molecule has 1 saturated heterocycles. The van der Waals surface area contributed by atoms with Crippen molar-refractivity contribution >= 4 is 11.9 Å². The van der Waals surface area contributed by atoms with Crippen molar-refractivity contribution < 1.29 is 33.3 Å². The summed E-state index contributed by atoms with van der Waals surface area (Å²) in [6.07, 6.45) is -0.274. The number of esters is 2. The van der Waals surface area contributed by atoms with Gasteiger partial charge in [0.1, 0.15) is 25.9 Å². The van der Waals surface area contributed by atoms with Gasteiger partial charge in [-0.3, -0.25) is 0 Å². The van der Waals surface area contributed by atoms with E-state index in [1.807, 2.05) is 0 Å². The molecule has 0 saturated carbocycles. The van der Waals surface area contributed by atoms with Gasteiger partial charge in [-0.05, 0) is 20.8 Å². The van der Waals surface area contributed by atoms with Crippen molar-refractivity contribution in [1.82, 2.24) is 0 Å². The van der Waals surface area contributed by atoms with Gasteiger partial charge >= 0.3 is 11.9 Å². The summed E-state index contributed by atoms with van der Waals surface area (Å²) in [5.74, 6) is -1.71. The SMILES string of the molecule is CCOC(=O)COCC(=O)OCC1COC(C)(C)O1. The van der Waals surface area contributed by atoms with Crippen molar-refractivity contribution in [2.45, 2.75) is 32.7 Å². The highest BCUT2D eigenvalue weighted by molar-refractivity contribution is 5.73. The average Bonchev–Trinajstić information content (AvgIpc) is 2.67. The Balaban J connectivity index is 2.07. The molecule has 7 nitrogen and oxygen atoms in total. The molecule has 1 fully saturated rings. The predicted molar refractivity (Wildman–Crippen MR) is 63.3 cm³/mol. The van der Waals surface area contributed by atoms with E-state index < -0.39 is 17.7 Å². The zero-order chi connectivity index (χ0) is 14.3. The molecule has 1 heterocycles. The molecular formula is C12H20O7. The number of rotatable bonds is 7. The van der Waals surface area contributed by atoms with E-state index in [4.69, 9.17) is 18.9 Å². The van der Waals surface area contributed by atoms with E-state index in [1.54, 1.807) is 20.8 Å². The van der Waals surface area contributed by atoms with Crippen molar-refractivity contribution in [2.75, 3.05) is 33.0 Å². The van der Waals surface area contributed by atoms with Crippen LogP contribution < -0.4 is 0 Å². The summed E-state index contributed by atoms with van der Waals surface area (Å²) in [5, 5.41) is 0. The molecule has 0 N–H and O–H groups in total. The summed E-state index contributed by atoms with van der Waals surface area (Å²) in [4.78, 5) is 22.2. The topological polar surface area (TPSA) is 80.3 Å². The van der Waals surface area contributed by atoms with Gasteiger partial charge in [0.2, 0.25) is 0 Å². The molecule has 1 atom stereocenters. The van der Waals surface area contributed by atoms with Crippen LogP contribution in [0.1, 0.15) is 20.8 Å². The van der Waals surface area contributed by atoms with E-state index in [1.165, 1.54) is 0 Å². The monoisotopic (exact) mass is 276 g/mol. The van der Waals surface area contributed by atoms with E-state index in [2.05, 4.69) is 4.74 Å². The lowest BCUT2D eigenvalue weighted by molar-refractivity contribution is -0.163. The Hall–Kier alpha value is -1.18. The number of carbonyl (C=O) groups excluding carboxylic acids is 2. The van der Waals surface area contributed by atoms with Gasteiger partial charge in [-0.2, -0.15) is 0 Å². The zero-order valence-corrected chi connectivity index (χ0v) is 11.5. The van der Waals surface area contributed by atoms with Crippen LogP contribution in [0.4, 0.5) is 0 Å². The van der Waals surface area contributed by atoms with Gasteiger partial charge < -0.3 is 23.7 Å². The fraction of sp³-hybridized carbons (Fsp3) is 0.833. The van der Waals surface area contributed by atoms with Gasteiger partial charge in [0.05, 0.1) is 13.2 Å². The Bertz CT molecular complexity index is 313. The number of ether oxygens (including phenoxy) is 5. The van der Waals surface area contributed by atoms with Gasteiger partial charge in [0.15, 0.2) is 5.79 Å². The first kappa shape index (κ1) is 15.9. The van der Waals surface area contributed by atoms with Crippen LogP contribution in [-0.2, 0) is 33.3 Å². The number of carbonyl (C=O) groups is 2. The van der Waals surface area contributed by atoms with E-state index >= 15 is 0 Å². The lowest BCUT2D eigenvalue weighted by Gasteiger charge is -2.16. The molecular weight excluding hydrogens is 256 g/mol. The smallest absolute Gasteiger partial charge is 0.332 e. The van der Waals surface area contributed by atoms with E-state index in [-0.39, 0.29) is 32.5 Å². The second kappa shape index (κ2) is 7.42. The Morgan fingerprint density at radius 1 is 1.21 bits per heavy atom. The summed E-state index contributed by atoms with van der Waals surface area (Å²) < 4.78 is 25.2. The molecule has 0 aromatic carbocycles. The molecule has 110 valence electrons. The summed E-state index contributed by atoms with van der Waals surface area (Å²) >= 11 is 0. The molecule has 7 heteroatoms. The van der Waals surface area contributed by atoms with Crippen LogP contribution in [0, 0.1) is 0 Å². The number of hydrogen-bond acceptors (Lipinski definition) is 7. The average molecular weight is 276 g/mol. The van der Waals surface area contributed by atoms with E-state index in [0.717, 1.165) is 0 Å². The molecule has 0 aliphatic carbocycles. The van der Waals surface area contributed by atoms with Crippen molar-refractivity contribution in [1.29, 1.82) is 0 Å². The van der Waals surface area contributed by atoms with Gasteiger partial charge in [-0.25, -0.2) is 9.59 Å². The van der Waals surface area contributed by atoms with Crippen LogP contribution in [0.5, 0.6) is 0 Å². The maximum Gasteiger partial charge on any atom is 0.332 e. The van der Waals surface area contributed by atoms with Crippen LogP contribution in [0.3, 0.4) is 0 Å². The second-order valence-corrected chi connectivity index (χ2v) is 4.43. The van der Waals surface area contributed by atoms with Gasteiger partial charge in [0.25, 0.3) is 0 Å². The fourth-order valence-electron chi connectivity index (χ4n) is 1.49. The maximum absolute atomic E-state index is 11.3. The molecule has 1 aliphatic heterocycles. The van der Waals surface area contributed by atoms with Crippen LogP contribution in [-0.4, -0.2) is 56.9 Å². The first-order valence-corrected chi connectivity index (χ1v) is 6.13. The summed E-state index contributed by atoms with van der Waals surface area (Å²) in [6, 6.07) is 0. The zero-order valence-electron chi connectivity index (χ0n) is 11.5. The second-order valence-electron chi connectivity index (χ2n) is 4.43. The molecule has 0 aromatic heterocycles. The van der Waals surface area contributed by atoms with Crippen molar-refractivity contribution in [3.05, 3.63) is 0 Å². The third-order valence-electron chi connectivity index (χ3n) is 2.24. The highest BCUT2D eigenvalue weighted by Crippen LogP contribution is 2.22. The van der Waals surface area contributed by atoms with Crippen molar-refractivity contribution in [3.63, 3.8) is 0 Å². The molecule has 0 radical (unpaired) electrons. The summed E-state index contributed by atoms with van der Waals surface area (Å²) in [6.45, 7) is 5.47. The minimum atomic E-state index is -0.641. The molecule has 1 rings (SSSR count). The number of hydrogen-bond donors (Lipinski definition) is 0. The fourth-order valence-corrected chi connectivity index (χ4v) is 1.49. The molecule has 1 aliphatic rings. The van der Waals surface area contributed by atoms with Crippen LogP contribution in [0.25, 0.3) is 0 Å². The molecule has 1 unspecified atom stereocenters. The van der Waals surface area contributed by atoms with Crippen LogP contribution in [0.2, 0.25) is 0 Å². The maximum atomic E-state index is 11.3. The van der Waals surface area contributed by atoms with Gasteiger partial charge in [0, 0.05) is 0 Å². The molecule has 19 heavy (non-hydrogen) atoms. The van der Waals surface area contributed by atoms with Crippen LogP contribution in [0.15, 0.2) is 0 Å². The minimum absolute atomic E-state index is 0.102. The predicted octanol–water partition coefficient (Wildman–Crippen LogP) is 0.261. The first-order chi connectivity index (χ1) is 8.93. The molecule has 0 aromatic rings. The van der Waals surface area contributed by atoms with Crippen molar-refractivity contribution in [2.24, 2.45) is 0 Å². The largest absolute Gasteiger partial charge is 0.464 e.